The molecule has 0 aliphatic heterocycles. The van der Waals surface area contributed by atoms with Crippen molar-refractivity contribution in [2.45, 2.75) is 38.6 Å². The van der Waals surface area contributed by atoms with Crippen LogP contribution in [0.15, 0.2) is 17.5 Å². The molecule has 0 saturated heterocycles. The van der Waals surface area contributed by atoms with Crippen LogP contribution in [0.2, 0.25) is 0 Å². The van der Waals surface area contributed by atoms with Gasteiger partial charge in [0, 0.05) is 17.6 Å². The molecule has 0 radical (unpaired) electrons. The molecule has 1 aliphatic carbocycles. The third kappa shape index (κ3) is 2.77. The monoisotopic (exact) mass is 289 g/mol. The van der Waals surface area contributed by atoms with E-state index in [0.717, 1.165) is 23.4 Å². The molecule has 0 bridgehead atoms. The lowest BCUT2D eigenvalue weighted by molar-refractivity contribution is -0.120. The average molecular weight is 289 g/mol. The Balaban J connectivity index is 1.62. The largest absolute Gasteiger partial charge is 0.350 e. The Morgan fingerprint density at radius 3 is 3.10 bits per heavy atom. The van der Waals surface area contributed by atoms with Crippen LogP contribution in [0.25, 0.3) is 0 Å². The Bertz CT molecular complexity index is 601. The van der Waals surface area contributed by atoms with Crippen LogP contribution in [0.1, 0.15) is 34.7 Å². The summed E-state index contributed by atoms with van der Waals surface area (Å²) in [5.74, 6) is 0.0719. The van der Waals surface area contributed by atoms with Crippen molar-refractivity contribution in [1.29, 1.82) is 0 Å². The zero-order valence-electron chi connectivity index (χ0n) is 11.7. The molecule has 2 aromatic rings. The zero-order chi connectivity index (χ0) is 13.9. The molecular formula is C15H19N3OS. The molecule has 3 rings (SSSR count). The van der Waals surface area contributed by atoms with Gasteiger partial charge in [0.15, 0.2) is 0 Å². The van der Waals surface area contributed by atoms with Gasteiger partial charge in [-0.1, -0.05) is 6.07 Å². The molecule has 106 valence electrons. The highest BCUT2D eigenvalue weighted by Gasteiger charge is 2.19. The van der Waals surface area contributed by atoms with Crippen molar-refractivity contribution < 1.29 is 4.79 Å². The number of nitrogens with zero attached hydrogens (tertiary/aromatic N) is 2. The second-order valence-electron chi connectivity index (χ2n) is 5.24. The zero-order valence-corrected chi connectivity index (χ0v) is 12.5. The molecule has 20 heavy (non-hydrogen) atoms. The predicted octanol–water partition coefficient (Wildman–Crippen LogP) is 2.22. The van der Waals surface area contributed by atoms with E-state index in [1.54, 1.807) is 11.3 Å². The highest BCUT2D eigenvalue weighted by Crippen LogP contribution is 2.23. The number of aromatic nitrogens is 2. The summed E-state index contributed by atoms with van der Waals surface area (Å²) in [6.45, 7) is 0.549. The third-order valence-electron chi connectivity index (χ3n) is 3.82. The van der Waals surface area contributed by atoms with Crippen LogP contribution in [0.5, 0.6) is 0 Å². The first-order valence-electron chi connectivity index (χ1n) is 7.07. The number of rotatable bonds is 4. The topological polar surface area (TPSA) is 46.9 Å². The fourth-order valence-corrected chi connectivity index (χ4v) is 3.52. The van der Waals surface area contributed by atoms with Crippen LogP contribution in [0, 0.1) is 0 Å². The number of amides is 1. The molecule has 0 spiro atoms. The Kier molecular flexibility index (Phi) is 3.87. The molecule has 2 heterocycles. The van der Waals surface area contributed by atoms with Gasteiger partial charge >= 0.3 is 0 Å². The number of hydrogen-bond acceptors (Lipinski definition) is 3. The minimum absolute atomic E-state index is 0.0719. The van der Waals surface area contributed by atoms with Crippen LogP contribution in [-0.4, -0.2) is 15.7 Å². The van der Waals surface area contributed by atoms with E-state index >= 15 is 0 Å². The first kappa shape index (κ1) is 13.4. The number of carbonyl (C=O) groups is 1. The minimum Gasteiger partial charge on any atom is -0.350 e. The molecule has 1 aliphatic rings. The normalized spacial score (nSPS) is 14.1. The van der Waals surface area contributed by atoms with Crippen molar-refractivity contribution >= 4 is 17.2 Å². The summed E-state index contributed by atoms with van der Waals surface area (Å²) in [6.07, 6.45) is 5.15. The van der Waals surface area contributed by atoms with Crippen LogP contribution in [-0.2, 0) is 37.6 Å². The summed E-state index contributed by atoms with van der Waals surface area (Å²) < 4.78 is 1.98. The molecule has 4 nitrogen and oxygen atoms in total. The molecule has 1 N–H and O–H groups in total. The fourth-order valence-electron chi connectivity index (χ4n) is 2.82. The van der Waals surface area contributed by atoms with Gasteiger partial charge in [-0.2, -0.15) is 5.10 Å². The van der Waals surface area contributed by atoms with Crippen LogP contribution in [0.4, 0.5) is 0 Å². The van der Waals surface area contributed by atoms with Gasteiger partial charge in [0.25, 0.3) is 0 Å². The van der Waals surface area contributed by atoms with Gasteiger partial charge in [-0.3, -0.25) is 9.48 Å². The van der Waals surface area contributed by atoms with Crippen LogP contribution in [0.3, 0.4) is 0 Å². The van der Waals surface area contributed by atoms with E-state index in [1.165, 1.54) is 24.1 Å². The number of nitrogens with one attached hydrogen (secondary N) is 1. The molecule has 0 saturated carbocycles. The second kappa shape index (κ2) is 5.79. The van der Waals surface area contributed by atoms with Crippen molar-refractivity contribution in [3.8, 4) is 0 Å². The van der Waals surface area contributed by atoms with E-state index in [1.807, 2.05) is 29.2 Å². The Morgan fingerprint density at radius 2 is 2.30 bits per heavy atom. The van der Waals surface area contributed by atoms with Gasteiger partial charge in [0.1, 0.15) is 0 Å². The van der Waals surface area contributed by atoms with Gasteiger partial charge < -0.3 is 5.32 Å². The average Bonchev–Trinajstić information content (AvgIpc) is 3.06. The van der Waals surface area contributed by atoms with Gasteiger partial charge in [0.2, 0.25) is 5.91 Å². The maximum atomic E-state index is 11.9. The summed E-state index contributed by atoms with van der Waals surface area (Å²) in [4.78, 5) is 13.0. The standard InChI is InChI=1S/C15H19N3OS/c1-18-14-7-3-2-6-12(14)13(17-18)10-16-15(19)9-11-5-4-8-20-11/h4-5,8H,2-3,6-7,9-10H2,1H3,(H,16,19). The Labute approximate surface area is 122 Å². The van der Waals surface area contributed by atoms with E-state index in [2.05, 4.69) is 10.4 Å². The lowest BCUT2D eigenvalue weighted by Crippen LogP contribution is -2.25. The quantitative estimate of drug-likeness (QED) is 0.938. The maximum Gasteiger partial charge on any atom is 0.225 e. The van der Waals surface area contributed by atoms with E-state index in [-0.39, 0.29) is 5.91 Å². The van der Waals surface area contributed by atoms with Crippen molar-refractivity contribution in [2.24, 2.45) is 7.05 Å². The molecule has 0 unspecified atom stereocenters. The lowest BCUT2D eigenvalue weighted by atomic mass is 9.96. The summed E-state index contributed by atoms with van der Waals surface area (Å²) in [5.41, 5.74) is 3.75. The number of thiophene rings is 1. The predicted molar refractivity (Wildman–Crippen MR) is 79.7 cm³/mol. The number of carbonyl (C=O) groups excluding carboxylic acids is 1. The van der Waals surface area contributed by atoms with Crippen molar-refractivity contribution in [3.63, 3.8) is 0 Å². The molecule has 0 atom stereocenters. The number of aryl methyl sites for hydroxylation is 1. The Hall–Kier alpha value is -1.62. The third-order valence-corrected chi connectivity index (χ3v) is 4.69. The molecule has 0 fully saturated rings. The smallest absolute Gasteiger partial charge is 0.225 e. The van der Waals surface area contributed by atoms with E-state index in [0.29, 0.717) is 13.0 Å². The summed E-state index contributed by atoms with van der Waals surface area (Å²) >= 11 is 1.62. The van der Waals surface area contributed by atoms with E-state index < -0.39 is 0 Å². The maximum absolute atomic E-state index is 11.9. The van der Waals surface area contributed by atoms with Crippen LogP contribution < -0.4 is 5.32 Å². The van der Waals surface area contributed by atoms with Gasteiger partial charge in [0.05, 0.1) is 18.7 Å². The Morgan fingerprint density at radius 1 is 1.45 bits per heavy atom. The van der Waals surface area contributed by atoms with Gasteiger partial charge in [-0.15, -0.1) is 11.3 Å². The van der Waals surface area contributed by atoms with E-state index in [9.17, 15) is 4.79 Å². The first-order valence-corrected chi connectivity index (χ1v) is 7.94. The molecule has 1 amide bonds. The van der Waals surface area contributed by atoms with Gasteiger partial charge in [-0.25, -0.2) is 0 Å². The highest BCUT2D eigenvalue weighted by molar-refractivity contribution is 7.10. The molecular weight excluding hydrogens is 270 g/mol. The van der Waals surface area contributed by atoms with Crippen molar-refractivity contribution in [1.82, 2.24) is 15.1 Å². The van der Waals surface area contributed by atoms with Crippen LogP contribution >= 0.6 is 11.3 Å². The first-order chi connectivity index (χ1) is 9.74. The lowest BCUT2D eigenvalue weighted by Gasteiger charge is -2.12. The van der Waals surface area contributed by atoms with Crippen molar-refractivity contribution in [2.75, 3.05) is 0 Å². The molecule has 2 aromatic heterocycles. The summed E-state index contributed by atoms with van der Waals surface area (Å²) in [7, 11) is 2.00. The molecule has 5 heteroatoms. The number of fused-ring (bicyclic) bond motifs is 1. The van der Waals surface area contributed by atoms with Crippen molar-refractivity contribution in [3.05, 3.63) is 39.3 Å². The SMILES string of the molecule is Cn1nc(CNC(=O)Cc2cccs2)c2c1CCCC2. The summed E-state index contributed by atoms with van der Waals surface area (Å²) in [6, 6.07) is 3.97. The second-order valence-corrected chi connectivity index (χ2v) is 6.27. The minimum atomic E-state index is 0.0719. The highest BCUT2D eigenvalue weighted by atomic mass is 32.1. The molecule has 0 aromatic carbocycles. The van der Waals surface area contributed by atoms with Gasteiger partial charge in [-0.05, 0) is 42.7 Å². The fraction of sp³-hybridized carbons (Fsp3) is 0.467. The number of hydrogen-bond donors (Lipinski definition) is 1. The van der Waals surface area contributed by atoms with E-state index in [4.69, 9.17) is 0 Å². The summed E-state index contributed by atoms with van der Waals surface area (Å²) in [5, 5.41) is 9.56.